The zero-order chi connectivity index (χ0) is 19.7. The first-order valence-electron chi connectivity index (χ1n) is 10.2. The Labute approximate surface area is 172 Å². The normalized spacial score (nSPS) is 14.6. The van der Waals surface area contributed by atoms with Gasteiger partial charge < -0.3 is 0 Å². The topological polar surface area (TPSA) is 33.0 Å². The molecule has 3 aromatic rings. The third-order valence-corrected chi connectivity index (χ3v) is 5.07. The van der Waals surface area contributed by atoms with E-state index in [1.165, 1.54) is 23.4 Å². The van der Waals surface area contributed by atoms with Crippen LogP contribution in [0.2, 0.25) is 0 Å². The maximum Gasteiger partial charge on any atom is 0.231 e. The van der Waals surface area contributed by atoms with Crippen molar-refractivity contribution in [3.8, 4) is 11.4 Å². The van der Waals surface area contributed by atoms with Gasteiger partial charge in [-0.2, -0.15) is 9.13 Å². The Kier molecular flexibility index (Phi) is 6.33. The van der Waals surface area contributed by atoms with E-state index < -0.39 is 0 Å². The Morgan fingerprint density at radius 1 is 0.759 bits per heavy atom. The number of nitrogens with zero attached hydrogens (tertiary/aromatic N) is 4. The summed E-state index contributed by atoms with van der Waals surface area (Å²) in [7, 11) is 0. The minimum Gasteiger partial charge on any atom is -0.258 e. The Morgan fingerprint density at radius 2 is 1.62 bits per heavy atom. The molecule has 4 nitrogen and oxygen atoms in total. The van der Waals surface area contributed by atoms with E-state index >= 15 is 0 Å². The number of aryl methyl sites for hydroxylation is 2. The lowest BCUT2D eigenvalue weighted by Gasteiger charge is -2.05. The molecule has 0 unspecified atom stereocenters. The molecule has 144 valence electrons. The van der Waals surface area contributed by atoms with Gasteiger partial charge in [-0.1, -0.05) is 12.1 Å². The smallest absolute Gasteiger partial charge is 0.231 e. The van der Waals surface area contributed by atoms with Gasteiger partial charge in [0.2, 0.25) is 11.4 Å². The van der Waals surface area contributed by atoms with Crippen molar-refractivity contribution in [1.29, 1.82) is 0 Å². The van der Waals surface area contributed by atoms with Gasteiger partial charge in [0.1, 0.15) is 18.8 Å². The van der Waals surface area contributed by atoms with E-state index in [0.29, 0.717) is 0 Å². The van der Waals surface area contributed by atoms with Crippen LogP contribution in [0.5, 0.6) is 0 Å². The standard InChI is InChI=1S/C25H26N4/c1(7-17-28-19-9-4-14-24(28)23-13-3-6-16-27-23)8-18-29-20-10-12-22-11-2-5-15-26-21-25(22)29/h2-6,9-16,19-21H,1,7-8,17-18H2/q+2/b5-2?,11-2-,15-5-,22-11?,25-21?,26-15?,26-21?. The van der Waals surface area contributed by atoms with E-state index in [2.05, 4.69) is 74.0 Å². The van der Waals surface area contributed by atoms with Crippen molar-refractivity contribution in [2.75, 3.05) is 0 Å². The number of fused-ring (bicyclic) bond motifs is 1. The molecule has 0 radical (unpaired) electrons. The van der Waals surface area contributed by atoms with Crippen LogP contribution in [0, 0.1) is 0 Å². The lowest BCUT2D eigenvalue weighted by Crippen LogP contribution is -2.39. The molecule has 0 fully saturated rings. The first-order chi connectivity index (χ1) is 14.4. The van der Waals surface area contributed by atoms with Crippen molar-refractivity contribution in [2.45, 2.75) is 32.4 Å². The van der Waals surface area contributed by atoms with Crippen LogP contribution >= 0.6 is 0 Å². The number of unbranched alkanes of at least 4 members (excludes halogenated alkanes) is 2. The Hall–Kier alpha value is -3.40. The van der Waals surface area contributed by atoms with E-state index in [0.717, 1.165) is 31.6 Å². The minimum atomic E-state index is 0.999. The largest absolute Gasteiger partial charge is 0.258 e. The SMILES string of the molecule is C1=N/C=C\C=C/c2ccc[n+](CCCCC[n+]3ccccc3-c3ccccn3)c21. The van der Waals surface area contributed by atoms with E-state index in [9.17, 15) is 0 Å². The molecule has 0 N–H and O–H groups in total. The lowest BCUT2D eigenvalue weighted by atomic mass is 10.1. The van der Waals surface area contributed by atoms with Gasteiger partial charge in [-0.3, -0.25) is 4.99 Å². The minimum absolute atomic E-state index is 0.999. The van der Waals surface area contributed by atoms with Crippen molar-refractivity contribution in [1.82, 2.24) is 4.98 Å². The molecule has 0 aliphatic carbocycles. The summed E-state index contributed by atoms with van der Waals surface area (Å²) in [5.41, 5.74) is 4.57. The van der Waals surface area contributed by atoms with Gasteiger partial charge >= 0.3 is 0 Å². The molecule has 29 heavy (non-hydrogen) atoms. The third-order valence-electron chi connectivity index (χ3n) is 5.07. The van der Waals surface area contributed by atoms with Gasteiger partial charge in [-0.15, -0.1) is 0 Å². The average molecular weight is 383 g/mol. The predicted molar refractivity (Wildman–Crippen MR) is 116 cm³/mol. The highest BCUT2D eigenvalue weighted by molar-refractivity contribution is 5.82. The van der Waals surface area contributed by atoms with E-state index in [1.54, 1.807) is 0 Å². The molecule has 0 saturated carbocycles. The number of aliphatic imine (C=N–C) groups is 1. The maximum absolute atomic E-state index is 4.50. The fraction of sp³-hybridized carbons (Fsp3) is 0.200. The van der Waals surface area contributed by atoms with E-state index in [1.807, 2.05) is 42.9 Å². The molecule has 0 aromatic carbocycles. The highest BCUT2D eigenvalue weighted by Crippen LogP contribution is 2.11. The van der Waals surface area contributed by atoms with Crippen LogP contribution < -0.4 is 9.13 Å². The molecular formula is C25H26N4+2. The Bertz CT molecular complexity index is 1040. The van der Waals surface area contributed by atoms with Gasteiger partial charge in [0.15, 0.2) is 12.4 Å². The summed E-state index contributed by atoms with van der Waals surface area (Å²) in [6.07, 6.45) is 19.5. The summed E-state index contributed by atoms with van der Waals surface area (Å²) < 4.78 is 4.61. The second-order valence-corrected chi connectivity index (χ2v) is 7.08. The van der Waals surface area contributed by atoms with Crippen LogP contribution in [-0.4, -0.2) is 11.2 Å². The van der Waals surface area contributed by atoms with Crippen LogP contribution in [0.4, 0.5) is 0 Å². The molecule has 3 aromatic heterocycles. The van der Waals surface area contributed by atoms with E-state index in [4.69, 9.17) is 0 Å². The number of rotatable bonds is 7. The average Bonchev–Trinajstić information content (AvgIpc) is 2.75. The lowest BCUT2D eigenvalue weighted by molar-refractivity contribution is -0.699. The molecule has 0 saturated heterocycles. The molecular weight excluding hydrogens is 356 g/mol. The van der Waals surface area contributed by atoms with Crippen molar-refractivity contribution < 1.29 is 9.13 Å². The molecule has 0 atom stereocenters. The van der Waals surface area contributed by atoms with Gasteiger partial charge in [-0.25, -0.2) is 4.98 Å². The van der Waals surface area contributed by atoms with Gasteiger partial charge in [-0.05, 0) is 42.8 Å². The summed E-state index contributed by atoms with van der Waals surface area (Å²) >= 11 is 0. The van der Waals surface area contributed by atoms with Crippen molar-refractivity contribution in [3.05, 3.63) is 96.7 Å². The number of hydrogen-bond acceptors (Lipinski definition) is 2. The zero-order valence-corrected chi connectivity index (χ0v) is 16.6. The first kappa shape index (κ1) is 18.9. The monoisotopic (exact) mass is 382 g/mol. The van der Waals surface area contributed by atoms with E-state index in [-0.39, 0.29) is 0 Å². The first-order valence-corrected chi connectivity index (χ1v) is 10.2. The summed E-state index contributed by atoms with van der Waals surface area (Å²) in [5.74, 6) is 0. The van der Waals surface area contributed by atoms with Crippen molar-refractivity contribution >= 4 is 12.3 Å². The number of pyridine rings is 3. The predicted octanol–water partition coefficient (Wildman–Crippen LogP) is 4.15. The molecule has 1 aliphatic heterocycles. The van der Waals surface area contributed by atoms with Crippen LogP contribution in [0.1, 0.15) is 30.5 Å². The maximum atomic E-state index is 4.50. The van der Waals surface area contributed by atoms with Crippen LogP contribution in [0.15, 0.2) is 90.5 Å². The summed E-state index contributed by atoms with van der Waals surface area (Å²) in [6.45, 7) is 2.00. The van der Waals surface area contributed by atoms with Gasteiger partial charge in [0.25, 0.3) is 0 Å². The highest BCUT2D eigenvalue weighted by Gasteiger charge is 2.14. The fourth-order valence-electron chi connectivity index (χ4n) is 3.60. The molecule has 0 amide bonds. The molecule has 4 heteroatoms. The molecule has 4 heterocycles. The molecule has 4 rings (SSSR count). The zero-order valence-electron chi connectivity index (χ0n) is 16.6. The molecule has 1 aliphatic rings. The molecule has 0 bridgehead atoms. The fourth-order valence-corrected chi connectivity index (χ4v) is 3.60. The third kappa shape index (κ3) is 4.91. The van der Waals surface area contributed by atoms with Gasteiger partial charge in [0.05, 0.1) is 6.21 Å². The Morgan fingerprint density at radius 3 is 2.52 bits per heavy atom. The number of aromatic nitrogens is 3. The Balaban J connectivity index is 1.35. The summed E-state index contributed by atoms with van der Waals surface area (Å²) in [6, 6.07) is 16.6. The summed E-state index contributed by atoms with van der Waals surface area (Å²) in [4.78, 5) is 8.87. The highest BCUT2D eigenvalue weighted by atomic mass is 15.0. The second kappa shape index (κ2) is 9.69. The number of hydrogen-bond donors (Lipinski definition) is 0. The quantitative estimate of drug-likeness (QED) is 0.446. The van der Waals surface area contributed by atoms with Crippen LogP contribution in [-0.2, 0) is 13.1 Å². The van der Waals surface area contributed by atoms with Crippen LogP contribution in [0.3, 0.4) is 0 Å². The molecule has 0 spiro atoms. The van der Waals surface area contributed by atoms with Gasteiger partial charge in [0, 0.05) is 49.0 Å². The summed E-state index contributed by atoms with van der Waals surface area (Å²) in [5, 5.41) is 0. The number of allylic oxidation sites excluding steroid dienone is 2. The van der Waals surface area contributed by atoms with Crippen molar-refractivity contribution in [2.24, 2.45) is 4.99 Å². The van der Waals surface area contributed by atoms with Crippen molar-refractivity contribution in [3.63, 3.8) is 0 Å². The van der Waals surface area contributed by atoms with Crippen LogP contribution in [0.25, 0.3) is 17.5 Å². The second-order valence-electron chi connectivity index (χ2n) is 7.08.